The zero-order valence-corrected chi connectivity index (χ0v) is 12.5. The van der Waals surface area contributed by atoms with Crippen molar-refractivity contribution in [2.75, 3.05) is 18.7 Å². The summed E-state index contributed by atoms with van der Waals surface area (Å²) in [5.74, 6) is 0.186. The van der Waals surface area contributed by atoms with Crippen LogP contribution in [0, 0.1) is 0 Å². The molecule has 1 amide bonds. The lowest BCUT2D eigenvalue weighted by Gasteiger charge is -2.10. The van der Waals surface area contributed by atoms with Crippen molar-refractivity contribution in [3.63, 3.8) is 0 Å². The minimum absolute atomic E-state index is 0.122. The average molecular weight is 310 g/mol. The molecule has 1 heterocycles. The fourth-order valence-electron chi connectivity index (χ4n) is 1.53. The lowest BCUT2D eigenvalue weighted by atomic mass is 10.2. The van der Waals surface area contributed by atoms with Crippen LogP contribution in [-0.4, -0.2) is 29.2 Å². The number of hydrogen-bond donors (Lipinski definition) is 1. The van der Waals surface area contributed by atoms with E-state index in [2.05, 4.69) is 15.3 Å². The van der Waals surface area contributed by atoms with Crippen molar-refractivity contribution < 1.29 is 9.53 Å². The second-order valence-corrected chi connectivity index (χ2v) is 4.85. The normalized spacial score (nSPS) is 10.2. The van der Waals surface area contributed by atoms with E-state index in [1.807, 2.05) is 12.3 Å². The number of halogens is 1. The number of carbonyl (C=O) groups is 1. The van der Waals surface area contributed by atoms with Gasteiger partial charge in [0.05, 0.1) is 18.4 Å². The average Bonchev–Trinajstić information content (AvgIpc) is 2.47. The van der Waals surface area contributed by atoms with Crippen LogP contribution >= 0.6 is 23.4 Å². The lowest BCUT2D eigenvalue weighted by molar-refractivity contribution is 0.102. The Morgan fingerprint density at radius 1 is 1.40 bits per heavy atom. The first-order valence-electron chi connectivity index (χ1n) is 5.66. The summed E-state index contributed by atoms with van der Waals surface area (Å²) in [6.07, 6.45) is 3.24. The molecule has 0 aliphatic rings. The number of methoxy groups -OCH3 is 1. The molecule has 1 N–H and O–H groups in total. The molecule has 0 saturated heterocycles. The van der Waals surface area contributed by atoms with Crippen LogP contribution in [0.15, 0.2) is 35.6 Å². The van der Waals surface area contributed by atoms with E-state index >= 15 is 0 Å². The van der Waals surface area contributed by atoms with Gasteiger partial charge in [-0.2, -0.15) is 0 Å². The molecule has 0 unspecified atom stereocenters. The number of benzene rings is 1. The molecular formula is C13H12ClN3O2S. The Morgan fingerprint density at radius 2 is 2.15 bits per heavy atom. The highest BCUT2D eigenvalue weighted by Crippen LogP contribution is 2.24. The Kier molecular flexibility index (Phi) is 4.81. The van der Waals surface area contributed by atoms with Crippen molar-refractivity contribution >= 4 is 35.0 Å². The summed E-state index contributed by atoms with van der Waals surface area (Å²) >= 11 is 7.34. The van der Waals surface area contributed by atoms with E-state index in [9.17, 15) is 4.79 Å². The molecular weight excluding hydrogens is 298 g/mol. The van der Waals surface area contributed by atoms with Gasteiger partial charge in [-0.3, -0.25) is 4.79 Å². The van der Waals surface area contributed by atoms with E-state index in [-0.39, 0.29) is 16.6 Å². The summed E-state index contributed by atoms with van der Waals surface area (Å²) < 4.78 is 5.17. The molecule has 20 heavy (non-hydrogen) atoms. The van der Waals surface area contributed by atoms with Crippen molar-refractivity contribution in [3.8, 4) is 5.75 Å². The molecule has 0 radical (unpaired) electrons. The van der Waals surface area contributed by atoms with Gasteiger partial charge in [-0.25, -0.2) is 9.97 Å². The van der Waals surface area contributed by atoms with E-state index in [0.29, 0.717) is 16.6 Å². The zero-order valence-electron chi connectivity index (χ0n) is 10.9. The van der Waals surface area contributed by atoms with Crippen LogP contribution in [0.5, 0.6) is 5.75 Å². The Balaban J connectivity index is 2.24. The molecule has 2 rings (SSSR count). The predicted octanol–water partition coefficient (Wildman–Crippen LogP) is 3.11. The molecule has 1 aromatic carbocycles. The van der Waals surface area contributed by atoms with Crippen LogP contribution in [0.3, 0.4) is 0 Å². The SMILES string of the molecule is COc1ccccc1NC(=O)c1cnc(SC)nc1Cl. The van der Waals surface area contributed by atoms with Crippen molar-refractivity contribution in [3.05, 3.63) is 41.2 Å². The first-order valence-corrected chi connectivity index (χ1v) is 7.27. The number of anilines is 1. The Hall–Kier alpha value is -1.79. The summed E-state index contributed by atoms with van der Waals surface area (Å²) in [5, 5.41) is 3.36. The molecule has 0 atom stereocenters. The number of carbonyl (C=O) groups excluding carboxylic acids is 1. The molecule has 104 valence electrons. The van der Waals surface area contributed by atoms with Crippen molar-refractivity contribution in [1.29, 1.82) is 0 Å². The van der Waals surface area contributed by atoms with Gasteiger partial charge in [0.1, 0.15) is 10.9 Å². The highest BCUT2D eigenvalue weighted by molar-refractivity contribution is 7.98. The van der Waals surface area contributed by atoms with Crippen LogP contribution < -0.4 is 10.1 Å². The molecule has 1 aromatic heterocycles. The van der Waals surface area contributed by atoms with Gasteiger partial charge in [0.25, 0.3) is 5.91 Å². The lowest BCUT2D eigenvalue weighted by Crippen LogP contribution is -2.14. The molecule has 5 nitrogen and oxygen atoms in total. The third-order valence-corrected chi connectivity index (χ3v) is 3.35. The molecule has 0 spiro atoms. The fraction of sp³-hybridized carbons (Fsp3) is 0.154. The van der Waals surface area contributed by atoms with E-state index in [4.69, 9.17) is 16.3 Å². The van der Waals surface area contributed by atoms with Gasteiger partial charge >= 0.3 is 0 Å². The zero-order chi connectivity index (χ0) is 14.5. The molecule has 7 heteroatoms. The molecule has 0 bridgehead atoms. The van der Waals surface area contributed by atoms with Crippen LogP contribution in [0.1, 0.15) is 10.4 Å². The maximum atomic E-state index is 12.2. The minimum atomic E-state index is -0.382. The van der Waals surface area contributed by atoms with E-state index in [0.717, 1.165) is 0 Å². The molecule has 0 saturated carbocycles. The molecule has 0 fully saturated rings. The Bertz CT molecular complexity index is 637. The maximum Gasteiger partial charge on any atom is 0.260 e. The number of ether oxygens (including phenoxy) is 1. The number of rotatable bonds is 4. The predicted molar refractivity (Wildman–Crippen MR) is 79.8 cm³/mol. The smallest absolute Gasteiger partial charge is 0.260 e. The van der Waals surface area contributed by atoms with E-state index in [1.165, 1.54) is 25.1 Å². The number of amides is 1. The van der Waals surface area contributed by atoms with Gasteiger partial charge in [0.2, 0.25) is 0 Å². The van der Waals surface area contributed by atoms with Gasteiger partial charge < -0.3 is 10.1 Å². The number of thioether (sulfide) groups is 1. The van der Waals surface area contributed by atoms with Gasteiger partial charge in [-0.1, -0.05) is 35.5 Å². The number of aromatic nitrogens is 2. The maximum absolute atomic E-state index is 12.2. The van der Waals surface area contributed by atoms with Crippen LogP contribution in [-0.2, 0) is 0 Å². The first-order chi connectivity index (χ1) is 9.65. The summed E-state index contributed by atoms with van der Waals surface area (Å²) in [6.45, 7) is 0. The van der Waals surface area contributed by atoms with Gasteiger partial charge in [0.15, 0.2) is 5.16 Å². The van der Waals surface area contributed by atoms with Crippen LogP contribution in [0.25, 0.3) is 0 Å². The van der Waals surface area contributed by atoms with Gasteiger partial charge in [-0.05, 0) is 18.4 Å². The standard InChI is InChI=1S/C13H12ClN3O2S/c1-19-10-6-4-3-5-9(10)16-12(18)8-7-15-13(20-2)17-11(8)14/h3-7H,1-2H3,(H,16,18). The summed E-state index contributed by atoms with van der Waals surface area (Å²) in [6, 6.07) is 7.11. The largest absolute Gasteiger partial charge is 0.495 e. The number of nitrogens with one attached hydrogen (secondary N) is 1. The molecule has 2 aromatic rings. The minimum Gasteiger partial charge on any atom is -0.495 e. The Morgan fingerprint density at radius 3 is 2.80 bits per heavy atom. The quantitative estimate of drug-likeness (QED) is 0.534. The Labute approximate surface area is 125 Å². The summed E-state index contributed by atoms with van der Waals surface area (Å²) in [7, 11) is 1.54. The number of hydrogen-bond acceptors (Lipinski definition) is 5. The van der Waals surface area contributed by atoms with Gasteiger partial charge in [-0.15, -0.1) is 0 Å². The van der Waals surface area contributed by atoms with Crippen molar-refractivity contribution in [2.45, 2.75) is 5.16 Å². The highest BCUT2D eigenvalue weighted by atomic mass is 35.5. The first kappa shape index (κ1) is 14.6. The molecule has 0 aliphatic heterocycles. The molecule has 0 aliphatic carbocycles. The van der Waals surface area contributed by atoms with E-state index < -0.39 is 0 Å². The van der Waals surface area contributed by atoms with E-state index in [1.54, 1.807) is 18.2 Å². The highest BCUT2D eigenvalue weighted by Gasteiger charge is 2.15. The fourth-order valence-corrected chi connectivity index (χ4v) is 2.14. The van der Waals surface area contributed by atoms with Gasteiger partial charge in [0, 0.05) is 6.20 Å². The summed E-state index contributed by atoms with van der Waals surface area (Å²) in [5.41, 5.74) is 0.778. The number of nitrogens with zero attached hydrogens (tertiary/aromatic N) is 2. The third-order valence-electron chi connectivity index (χ3n) is 2.50. The van der Waals surface area contributed by atoms with Crippen LogP contribution in [0.2, 0.25) is 5.15 Å². The summed E-state index contributed by atoms with van der Waals surface area (Å²) in [4.78, 5) is 20.2. The van der Waals surface area contributed by atoms with Crippen molar-refractivity contribution in [1.82, 2.24) is 9.97 Å². The second-order valence-electron chi connectivity index (χ2n) is 3.72. The second kappa shape index (κ2) is 6.58. The number of para-hydroxylation sites is 2. The topological polar surface area (TPSA) is 64.1 Å². The third kappa shape index (κ3) is 3.20. The monoisotopic (exact) mass is 309 g/mol. The van der Waals surface area contributed by atoms with Crippen molar-refractivity contribution in [2.24, 2.45) is 0 Å². The van der Waals surface area contributed by atoms with Crippen LogP contribution in [0.4, 0.5) is 5.69 Å².